The monoisotopic (exact) mass is 266 g/mol. The maximum atomic E-state index is 11.4. The van der Waals surface area contributed by atoms with E-state index >= 15 is 0 Å². The maximum absolute atomic E-state index is 11.4. The summed E-state index contributed by atoms with van der Waals surface area (Å²) in [6, 6.07) is 5.72. The van der Waals surface area contributed by atoms with E-state index in [1.54, 1.807) is 14.2 Å². The first kappa shape index (κ1) is 15.3. The van der Waals surface area contributed by atoms with E-state index in [1.807, 2.05) is 32.0 Å². The second kappa shape index (κ2) is 6.43. The van der Waals surface area contributed by atoms with Crippen molar-refractivity contribution < 1.29 is 14.3 Å². The molecule has 19 heavy (non-hydrogen) atoms. The normalized spacial score (nSPS) is 11.0. The second-order valence-electron chi connectivity index (χ2n) is 5.00. The summed E-state index contributed by atoms with van der Waals surface area (Å²) in [6.45, 7) is 3.91. The smallest absolute Gasteiger partial charge is 0.234 e. The van der Waals surface area contributed by atoms with Gasteiger partial charge in [0.05, 0.1) is 20.8 Å². The molecular weight excluding hydrogens is 244 g/mol. The minimum atomic E-state index is -0.365. The molecule has 0 atom stereocenters. The molecule has 0 aromatic heterocycles. The Kier molecular flexibility index (Phi) is 5.18. The zero-order valence-corrected chi connectivity index (χ0v) is 11.9. The first-order valence-corrected chi connectivity index (χ1v) is 6.14. The van der Waals surface area contributed by atoms with Crippen LogP contribution in [0.5, 0.6) is 11.5 Å². The third-order valence-electron chi connectivity index (χ3n) is 2.76. The van der Waals surface area contributed by atoms with Gasteiger partial charge in [0.25, 0.3) is 0 Å². The van der Waals surface area contributed by atoms with Crippen molar-refractivity contribution in [1.82, 2.24) is 5.32 Å². The Morgan fingerprint density at radius 3 is 2.42 bits per heavy atom. The predicted molar refractivity (Wildman–Crippen MR) is 74.5 cm³/mol. The van der Waals surface area contributed by atoms with Crippen molar-refractivity contribution in [1.29, 1.82) is 0 Å². The predicted octanol–water partition coefficient (Wildman–Crippen LogP) is 1.10. The van der Waals surface area contributed by atoms with Gasteiger partial charge in [0.2, 0.25) is 5.91 Å². The lowest BCUT2D eigenvalue weighted by Crippen LogP contribution is -2.47. The molecule has 1 amide bonds. The Hall–Kier alpha value is -1.75. The van der Waals surface area contributed by atoms with Crippen molar-refractivity contribution in [2.75, 3.05) is 20.8 Å². The van der Waals surface area contributed by atoms with Gasteiger partial charge in [-0.2, -0.15) is 0 Å². The van der Waals surface area contributed by atoms with Crippen LogP contribution < -0.4 is 20.5 Å². The molecule has 0 bridgehead atoms. The van der Waals surface area contributed by atoms with Crippen LogP contribution in [-0.2, 0) is 11.2 Å². The Morgan fingerprint density at radius 2 is 1.89 bits per heavy atom. The molecule has 3 N–H and O–H groups in total. The van der Waals surface area contributed by atoms with Crippen LogP contribution in [0.15, 0.2) is 18.2 Å². The van der Waals surface area contributed by atoms with Crippen LogP contribution in [0.3, 0.4) is 0 Å². The summed E-state index contributed by atoms with van der Waals surface area (Å²) in [6.07, 6.45) is 0.680. The summed E-state index contributed by atoms with van der Waals surface area (Å²) < 4.78 is 10.5. The van der Waals surface area contributed by atoms with Crippen molar-refractivity contribution >= 4 is 5.91 Å². The Labute approximate surface area is 114 Å². The fourth-order valence-electron chi connectivity index (χ4n) is 1.97. The number of rotatable bonds is 6. The highest BCUT2D eigenvalue weighted by Crippen LogP contribution is 2.28. The highest BCUT2D eigenvalue weighted by Gasteiger charge is 2.21. The lowest BCUT2D eigenvalue weighted by atomic mass is 9.94. The van der Waals surface area contributed by atoms with E-state index in [0.29, 0.717) is 17.9 Å². The molecule has 5 nitrogen and oxygen atoms in total. The summed E-state index contributed by atoms with van der Waals surface area (Å²) in [5.41, 5.74) is 6.00. The van der Waals surface area contributed by atoms with Gasteiger partial charge < -0.3 is 20.5 Å². The number of amides is 1. The minimum absolute atomic E-state index is 0.00460. The number of ether oxygens (including phenoxy) is 2. The molecule has 0 aliphatic carbocycles. The molecule has 1 rings (SSSR count). The van der Waals surface area contributed by atoms with E-state index in [0.717, 1.165) is 5.56 Å². The fraction of sp³-hybridized carbons (Fsp3) is 0.500. The number of methoxy groups -OCH3 is 2. The zero-order chi connectivity index (χ0) is 14.5. The van der Waals surface area contributed by atoms with Crippen molar-refractivity contribution in [2.24, 2.45) is 5.73 Å². The molecule has 0 unspecified atom stereocenters. The number of nitrogens with two attached hydrogens (primary N) is 1. The topological polar surface area (TPSA) is 73.6 Å². The van der Waals surface area contributed by atoms with E-state index in [1.165, 1.54) is 0 Å². The van der Waals surface area contributed by atoms with Crippen LogP contribution in [-0.4, -0.2) is 32.2 Å². The van der Waals surface area contributed by atoms with E-state index in [2.05, 4.69) is 5.32 Å². The average Bonchev–Trinajstić information content (AvgIpc) is 2.37. The lowest BCUT2D eigenvalue weighted by Gasteiger charge is -2.26. The van der Waals surface area contributed by atoms with Crippen LogP contribution in [0.2, 0.25) is 0 Å². The standard InChI is InChI=1S/C14H22N2O3/c1-14(2,16-13(17)9-15)8-10-5-6-11(18-3)12(7-10)19-4/h5-7H,8-9,15H2,1-4H3,(H,16,17). The molecule has 0 saturated heterocycles. The molecule has 0 fully saturated rings. The number of nitrogens with one attached hydrogen (secondary N) is 1. The number of carbonyl (C=O) groups excluding carboxylic acids is 1. The molecular formula is C14H22N2O3. The van der Waals surface area contributed by atoms with E-state index < -0.39 is 0 Å². The summed E-state index contributed by atoms with van der Waals surface area (Å²) in [7, 11) is 3.20. The molecule has 5 heteroatoms. The largest absolute Gasteiger partial charge is 0.493 e. The molecule has 1 aromatic rings. The van der Waals surface area contributed by atoms with E-state index in [-0.39, 0.29) is 18.0 Å². The summed E-state index contributed by atoms with van der Waals surface area (Å²) >= 11 is 0. The van der Waals surface area contributed by atoms with Gasteiger partial charge in [-0.15, -0.1) is 0 Å². The maximum Gasteiger partial charge on any atom is 0.234 e. The lowest BCUT2D eigenvalue weighted by molar-refractivity contribution is -0.121. The first-order valence-electron chi connectivity index (χ1n) is 6.14. The van der Waals surface area contributed by atoms with Gasteiger partial charge in [0, 0.05) is 5.54 Å². The van der Waals surface area contributed by atoms with Crippen molar-refractivity contribution in [2.45, 2.75) is 25.8 Å². The van der Waals surface area contributed by atoms with Crippen molar-refractivity contribution in [3.63, 3.8) is 0 Å². The fourth-order valence-corrected chi connectivity index (χ4v) is 1.97. The molecule has 0 radical (unpaired) electrons. The summed E-state index contributed by atoms with van der Waals surface area (Å²) in [5, 5.41) is 2.88. The van der Waals surface area contributed by atoms with E-state index in [4.69, 9.17) is 15.2 Å². The Bertz CT molecular complexity index is 444. The zero-order valence-electron chi connectivity index (χ0n) is 11.9. The Morgan fingerprint density at radius 1 is 1.26 bits per heavy atom. The van der Waals surface area contributed by atoms with Crippen LogP contribution in [0, 0.1) is 0 Å². The summed E-state index contributed by atoms with van der Waals surface area (Å²) in [4.78, 5) is 11.4. The van der Waals surface area contributed by atoms with Crippen LogP contribution >= 0.6 is 0 Å². The van der Waals surface area contributed by atoms with Crippen molar-refractivity contribution in [3.05, 3.63) is 23.8 Å². The molecule has 106 valence electrons. The van der Waals surface area contributed by atoms with E-state index in [9.17, 15) is 4.79 Å². The van der Waals surface area contributed by atoms with Gasteiger partial charge in [0.1, 0.15) is 0 Å². The van der Waals surface area contributed by atoms with Gasteiger partial charge in [-0.3, -0.25) is 4.79 Å². The number of hydrogen-bond donors (Lipinski definition) is 2. The van der Waals surface area contributed by atoms with Gasteiger partial charge in [-0.1, -0.05) is 6.07 Å². The highest BCUT2D eigenvalue weighted by atomic mass is 16.5. The molecule has 0 aliphatic heterocycles. The SMILES string of the molecule is COc1ccc(CC(C)(C)NC(=O)CN)cc1OC. The first-order chi connectivity index (χ1) is 8.91. The van der Waals surface area contributed by atoms with Gasteiger partial charge in [-0.25, -0.2) is 0 Å². The van der Waals surface area contributed by atoms with Gasteiger partial charge in [-0.05, 0) is 38.0 Å². The summed E-state index contributed by atoms with van der Waals surface area (Å²) in [5.74, 6) is 1.21. The second-order valence-corrected chi connectivity index (χ2v) is 5.00. The highest BCUT2D eigenvalue weighted by molar-refractivity contribution is 5.78. The van der Waals surface area contributed by atoms with Gasteiger partial charge >= 0.3 is 0 Å². The third kappa shape index (κ3) is 4.44. The number of benzene rings is 1. The van der Waals surface area contributed by atoms with Crippen LogP contribution in [0.1, 0.15) is 19.4 Å². The number of carbonyl (C=O) groups is 1. The Balaban J connectivity index is 2.84. The molecule has 0 saturated carbocycles. The third-order valence-corrected chi connectivity index (χ3v) is 2.76. The van der Waals surface area contributed by atoms with Crippen LogP contribution in [0.25, 0.3) is 0 Å². The van der Waals surface area contributed by atoms with Crippen molar-refractivity contribution in [3.8, 4) is 11.5 Å². The minimum Gasteiger partial charge on any atom is -0.493 e. The average molecular weight is 266 g/mol. The number of hydrogen-bond acceptors (Lipinski definition) is 4. The molecule has 0 heterocycles. The molecule has 0 aliphatic rings. The van der Waals surface area contributed by atoms with Gasteiger partial charge in [0.15, 0.2) is 11.5 Å². The molecule has 0 spiro atoms. The molecule has 1 aromatic carbocycles. The quantitative estimate of drug-likeness (QED) is 0.808. The van der Waals surface area contributed by atoms with Crippen LogP contribution in [0.4, 0.5) is 0 Å².